The van der Waals surface area contributed by atoms with Crippen molar-refractivity contribution in [1.82, 2.24) is 19.7 Å². The lowest BCUT2D eigenvalue weighted by Gasteiger charge is -2.22. The fourth-order valence-electron chi connectivity index (χ4n) is 4.21. The van der Waals surface area contributed by atoms with Crippen molar-refractivity contribution in [1.29, 1.82) is 0 Å². The molecule has 2 aromatic carbocycles. The predicted molar refractivity (Wildman–Crippen MR) is 122 cm³/mol. The minimum atomic E-state index is -0.360. The fourth-order valence-corrected chi connectivity index (χ4v) is 4.21. The molecule has 162 valence electrons. The van der Waals surface area contributed by atoms with E-state index in [1.54, 1.807) is 12.1 Å². The van der Waals surface area contributed by atoms with Crippen molar-refractivity contribution in [3.63, 3.8) is 0 Å². The van der Waals surface area contributed by atoms with Gasteiger partial charge in [-0.3, -0.25) is 4.98 Å². The van der Waals surface area contributed by atoms with Gasteiger partial charge in [-0.15, -0.1) is 5.10 Å². The maximum absolute atomic E-state index is 13.9. The molecule has 1 N–H and O–H groups in total. The topological polar surface area (TPSA) is 64.9 Å². The second kappa shape index (κ2) is 8.42. The number of hydrogen-bond acceptors (Lipinski definition) is 5. The van der Waals surface area contributed by atoms with Crippen molar-refractivity contribution in [2.24, 2.45) is 0 Å². The van der Waals surface area contributed by atoms with Gasteiger partial charge in [0.15, 0.2) is 11.6 Å². The first kappa shape index (κ1) is 20.2. The zero-order chi connectivity index (χ0) is 22.1. The molecule has 6 nitrogen and oxygen atoms in total. The van der Waals surface area contributed by atoms with E-state index in [0.29, 0.717) is 5.95 Å². The van der Waals surface area contributed by atoms with Crippen molar-refractivity contribution in [2.45, 2.75) is 32.2 Å². The van der Waals surface area contributed by atoms with E-state index >= 15 is 0 Å². The number of hydrogen-bond donors (Lipinski definition) is 1. The Kier molecular flexibility index (Phi) is 5.31. The first-order chi connectivity index (χ1) is 15.6. The second-order valence-electron chi connectivity index (χ2n) is 7.99. The number of aryl methyl sites for hydroxylation is 2. The second-order valence-corrected chi connectivity index (χ2v) is 7.99. The van der Waals surface area contributed by atoms with E-state index in [4.69, 9.17) is 9.72 Å². The molecule has 4 aromatic rings. The number of fused-ring (bicyclic) bond motifs is 1. The smallest absolute Gasteiger partial charge is 0.246 e. The van der Waals surface area contributed by atoms with Crippen LogP contribution in [-0.4, -0.2) is 26.9 Å². The Balaban J connectivity index is 1.38. The van der Waals surface area contributed by atoms with Crippen molar-refractivity contribution >= 4 is 11.6 Å². The Morgan fingerprint density at radius 1 is 1.06 bits per heavy atom. The molecule has 1 aliphatic heterocycles. The number of benzene rings is 2. The van der Waals surface area contributed by atoms with Crippen LogP contribution in [0.15, 0.2) is 60.8 Å². The molecule has 1 unspecified atom stereocenters. The molecule has 0 spiro atoms. The lowest BCUT2D eigenvalue weighted by molar-refractivity contribution is 0.384. The maximum atomic E-state index is 13.9. The summed E-state index contributed by atoms with van der Waals surface area (Å²) in [5.74, 6) is 1.40. The van der Waals surface area contributed by atoms with Gasteiger partial charge in [0, 0.05) is 30.0 Å². The first-order valence-corrected chi connectivity index (χ1v) is 10.7. The van der Waals surface area contributed by atoms with Gasteiger partial charge in [-0.25, -0.2) is 9.07 Å². The van der Waals surface area contributed by atoms with Crippen molar-refractivity contribution in [3.05, 3.63) is 83.7 Å². The Labute approximate surface area is 186 Å². The highest BCUT2D eigenvalue weighted by molar-refractivity contribution is 5.67. The van der Waals surface area contributed by atoms with Crippen LogP contribution in [0.25, 0.3) is 11.1 Å². The van der Waals surface area contributed by atoms with E-state index in [1.165, 1.54) is 13.2 Å². The van der Waals surface area contributed by atoms with Gasteiger partial charge in [0.1, 0.15) is 5.82 Å². The third-order valence-corrected chi connectivity index (χ3v) is 5.82. The van der Waals surface area contributed by atoms with Crippen LogP contribution >= 0.6 is 0 Å². The summed E-state index contributed by atoms with van der Waals surface area (Å²) in [4.78, 5) is 9.03. The third kappa shape index (κ3) is 3.93. The molecule has 3 heterocycles. The molecular weight excluding hydrogens is 405 g/mol. The summed E-state index contributed by atoms with van der Waals surface area (Å²) in [5.41, 5.74) is 5.16. The molecule has 1 aliphatic rings. The van der Waals surface area contributed by atoms with Crippen LogP contribution in [0.2, 0.25) is 0 Å². The minimum Gasteiger partial charge on any atom is -0.494 e. The molecule has 0 aliphatic carbocycles. The summed E-state index contributed by atoms with van der Waals surface area (Å²) in [6.45, 7) is 2.81. The molecular formula is C25H24FN5O. The van der Waals surface area contributed by atoms with Crippen LogP contribution in [0.3, 0.4) is 0 Å². The number of ether oxygens (including phenoxy) is 1. The zero-order valence-corrected chi connectivity index (χ0v) is 18.0. The SMILES string of the molecule is COc1cc(C2CCCn3nc(Nc4ccc(-c5ccnc(C)c5)cc4)nc32)ccc1F. The van der Waals surface area contributed by atoms with Crippen LogP contribution in [0.5, 0.6) is 5.75 Å². The van der Waals surface area contributed by atoms with E-state index in [2.05, 4.69) is 33.6 Å². The lowest BCUT2D eigenvalue weighted by Crippen LogP contribution is -2.18. The first-order valence-electron chi connectivity index (χ1n) is 10.7. The van der Waals surface area contributed by atoms with Crippen molar-refractivity contribution in [2.75, 3.05) is 12.4 Å². The molecule has 0 radical (unpaired) electrons. The zero-order valence-electron chi connectivity index (χ0n) is 18.0. The summed E-state index contributed by atoms with van der Waals surface area (Å²) in [6.07, 6.45) is 3.75. The quantitative estimate of drug-likeness (QED) is 0.456. The van der Waals surface area contributed by atoms with E-state index < -0.39 is 0 Å². The molecule has 1 atom stereocenters. The van der Waals surface area contributed by atoms with E-state index in [-0.39, 0.29) is 17.5 Å². The van der Waals surface area contributed by atoms with Gasteiger partial charge >= 0.3 is 0 Å². The molecule has 0 fully saturated rings. The van der Waals surface area contributed by atoms with E-state index in [0.717, 1.165) is 53.3 Å². The maximum Gasteiger partial charge on any atom is 0.246 e. The molecule has 0 amide bonds. The standard InChI is InChI=1S/C25H24FN5O/c1-16-14-18(11-12-27-16)17-5-8-20(9-6-17)28-25-29-24-21(4-3-13-31(24)30-25)19-7-10-22(26)23(15-19)32-2/h5-12,14-15,21H,3-4,13H2,1-2H3,(H,28,30). The number of pyridine rings is 1. The highest BCUT2D eigenvalue weighted by Gasteiger charge is 2.26. The molecule has 2 aromatic heterocycles. The van der Waals surface area contributed by atoms with Gasteiger partial charge in [0.05, 0.1) is 7.11 Å². The Bertz CT molecular complexity index is 1250. The average Bonchev–Trinajstić information content (AvgIpc) is 3.22. The molecule has 0 bridgehead atoms. The number of methoxy groups -OCH3 is 1. The Morgan fingerprint density at radius 3 is 2.69 bits per heavy atom. The van der Waals surface area contributed by atoms with Gasteiger partial charge in [-0.2, -0.15) is 4.98 Å². The molecule has 0 saturated carbocycles. The van der Waals surface area contributed by atoms with Gasteiger partial charge in [-0.1, -0.05) is 18.2 Å². The summed E-state index contributed by atoms with van der Waals surface area (Å²) in [6, 6.07) is 17.3. The average molecular weight is 429 g/mol. The van der Waals surface area contributed by atoms with Crippen LogP contribution in [0.4, 0.5) is 16.0 Å². The van der Waals surface area contributed by atoms with Crippen molar-refractivity contribution < 1.29 is 9.13 Å². The molecule has 32 heavy (non-hydrogen) atoms. The van der Waals surface area contributed by atoms with Crippen LogP contribution in [0, 0.1) is 12.7 Å². The Hall–Kier alpha value is -3.74. The molecule has 7 heteroatoms. The summed E-state index contributed by atoms with van der Waals surface area (Å²) in [5, 5.41) is 7.97. The van der Waals surface area contributed by atoms with Crippen LogP contribution in [-0.2, 0) is 6.54 Å². The number of rotatable bonds is 5. The van der Waals surface area contributed by atoms with E-state index in [9.17, 15) is 4.39 Å². The fraction of sp³-hybridized carbons (Fsp3) is 0.240. The molecule has 0 saturated heterocycles. The summed E-state index contributed by atoms with van der Waals surface area (Å²) in [7, 11) is 1.48. The van der Waals surface area contributed by atoms with Crippen LogP contribution < -0.4 is 10.1 Å². The normalized spacial score (nSPS) is 15.3. The van der Waals surface area contributed by atoms with Crippen molar-refractivity contribution in [3.8, 4) is 16.9 Å². The summed E-state index contributed by atoms with van der Waals surface area (Å²) < 4.78 is 21.0. The van der Waals surface area contributed by atoms with E-state index in [1.807, 2.05) is 36.0 Å². The third-order valence-electron chi connectivity index (χ3n) is 5.82. The monoisotopic (exact) mass is 429 g/mol. The minimum absolute atomic E-state index is 0.0543. The number of halogens is 1. The van der Waals surface area contributed by atoms with Crippen LogP contribution in [0.1, 0.15) is 35.8 Å². The molecule has 5 rings (SSSR count). The van der Waals surface area contributed by atoms with Gasteiger partial charge in [0.25, 0.3) is 0 Å². The highest BCUT2D eigenvalue weighted by Crippen LogP contribution is 2.35. The summed E-state index contributed by atoms with van der Waals surface area (Å²) >= 11 is 0. The number of nitrogens with zero attached hydrogens (tertiary/aromatic N) is 4. The number of anilines is 2. The largest absolute Gasteiger partial charge is 0.494 e. The highest BCUT2D eigenvalue weighted by atomic mass is 19.1. The predicted octanol–water partition coefficient (Wildman–Crippen LogP) is 5.47. The van der Waals surface area contributed by atoms with Gasteiger partial charge in [-0.05, 0) is 72.9 Å². The Morgan fingerprint density at radius 2 is 1.91 bits per heavy atom. The number of nitrogens with one attached hydrogen (secondary N) is 1. The van der Waals surface area contributed by atoms with Gasteiger partial charge < -0.3 is 10.1 Å². The lowest BCUT2D eigenvalue weighted by atomic mass is 9.91. The van der Waals surface area contributed by atoms with Gasteiger partial charge in [0.2, 0.25) is 5.95 Å². The number of aromatic nitrogens is 4.